The number of nitrogens with zero attached hydrogens (tertiary/aromatic N) is 1. The summed E-state index contributed by atoms with van der Waals surface area (Å²) in [6, 6.07) is 19.4. The molecule has 4 rings (SSSR count). The third kappa shape index (κ3) is 5.54. The summed E-state index contributed by atoms with van der Waals surface area (Å²) in [5.41, 5.74) is 7.55. The maximum atomic E-state index is 4.32. The maximum Gasteiger partial charge on any atom is 0.0378 e. The predicted octanol–water partition coefficient (Wildman–Crippen LogP) is 7.39. The van der Waals surface area contributed by atoms with Gasteiger partial charge < -0.3 is 5.32 Å². The molecule has 1 N–H and O–H groups in total. The number of hydrogen-bond acceptors (Lipinski definition) is 2. The van der Waals surface area contributed by atoms with Gasteiger partial charge >= 0.3 is 0 Å². The molecule has 2 aromatic rings. The van der Waals surface area contributed by atoms with Crippen LogP contribution in [0.5, 0.6) is 0 Å². The highest BCUT2D eigenvalue weighted by Crippen LogP contribution is 2.45. The molecule has 2 nitrogen and oxygen atoms in total. The minimum Gasteiger partial charge on any atom is -0.381 e. The molecule has 2 unspecified atom stereocenters. The van der Waals surface area contributed by atoms with Crippen LogP contribution in [0.4, 0.5) is 0 Å². The average Bonchev–Trinajstić information content (AvgIpc) is 2.92. The molecular formula is C33H36N2. The van der Waals surface area contributed by atoms with Crippen LogP contribution in [-0.4, -0.2) is 19.8 Å². The summed E-state index contributed by atoms with van der Waals surface area (Å²) in [7, 11) is 1.83. The first-order valence-corrected chi connectivity index (χ1v) is 12.5. The summed E-state index contributed by atoms with van der Waals surface area (Å²) in [5.74, 6) is 0.338. The Balaban J connectivity index is 1.75. The van der Waals surface area contributed by atoms with Gasteiger partial charge in [0.1, 0.15) is 0 Å². The summed E-state index contributed by atoms with van der Waals surface area (Å²) < 4.78 is 0. The molecule has 0 saturated heterocycles. The number of nitrogens with one attached hydrogen (secondary N) is 1. The SMILES string of the molecule is CC=CC(C)(c1ccccc1C/C=C(\C=NC)c1ccccc1)C1CC=CC=C1C1=CC=CCN1. The second kappa shape index (κ2) is 11.7. The van der Waals surface area contributed by atoms with E-state index in [4.69, 9.17) is 0 Å². The van der Waals surface area contributed by atoms with Gasteiger partial charge in [-0.15, -0.1) is 0 Å². The molecule has 0 amide bonds. The van der Waals surface area contributed by atoms with Gasteiger partial charge in [0.2, 0.25) is 0 Å². The Kier molecular flexibility index (Phi) is 8.15. The molecule has 0 aromatic heterocycles. The van der Waals surface area contributed by atoms with Gasteiger partial charge in [-0.3, -0.25) is 4.99 Å². The molecule has 35 heavy (non-hydrogen) atoms. The van der Waals surface area contributed by atoms with Crippen LogP contribution < -0.4 is 5.32 Å². The van der Waals surface area contributed by atoms with Crippen molar-refractivity contribution in [3.8, 4) is 0 Å². The van der Waals surface area contributed by atoms with E-state index in [1.807, 2.05) is 13.3 Å². The molecule has 1 heterocycles. The Bertz CT molecular complexity index is 1220. The zero-order chi connectivity index (χ0) is 24.5. The van der Waals surface area contributed by atoms with E-state index in [0.717, 1.165) is 25.0 Å². The van der Waals surface area contributed by atoms with Crippen molar-refractivity contribution in [2.45, 2.75) is 32.1 Å². The minimum absolute atomic E-state index is 0.148. The van der Waals surface area contributed by atoms with Crippen LogP contribution in [0.3, 0.4) is 0 Å². The number of aliphatic imine (C=N–C) groups is 1. The molecule has 178 valence electrons. The summed E-state index contributed by atoms with van der Waals surface area (Å²) in [4.78, 5) is 4.32. The average molecular weight is 461 g/mol. The monoisotopic (exact) mass is 460 g/mol. The first kappa shape index (κ1) is 24.5. The van der Waals surface area contributed by atoms with Gasteiger partial charge in [-0.25, -0.2) is 0 Å². The third-order valence-electron chi connectivity index (χ3n) is 7.03. The van der Waals surface area contributed by atoms with Gasteiger partial charge in [0.25, 0.3) is 0 Å². The summed E-state index contributed by atoms with van der Waals surface area (Å²) in [6.45, 7) is 5.41. The smallest absolute Gasteiger partial charge is 0.0378 e. The highest BCUT2D eigenvalue weighted by Gasteiger charge is 2.38. The third-order valence-corrected chi connectivity index (χ3v) is 7.03. The number of rotatable bonds is 8. The van der Waals surface area contributed by atoms with Crippen molar-refractivity contribution in [3.05, 3.63) is 137 Å². The molecule has 0 radical (unpaired) electrons. The summed E-state index contributed by atoms with van der Waals surface area (Å²) in [6.07, 6.45) is 24.1. The number of allylic oxidation sites excluding steroid dienone is 10. The van der Waals surface area contributed by atoms with Crippen LogP contribution in [0.1, 0.15) is 37.0 Å². The summed E-state index contributed by atoms with van der Waals surface area (Å²) in [5, 5.41) is 3.60. The lowest BCUT2D eigenvalue weighted by Gasteiger charge is -2.40. The second-order valence-electron chi connectivity index (χ2n) is 9.28. The Hall–Kier alpha value is -3.65. The number of benzene rings is 2. The zero-order valence-electron chi connectivity index (χ0n) is 21.1. The van der Waals surface area contributed by atoms with Crippen molar-refractivity contribution in [2.75, 3.05) is 13.6 Å². The first-order valence-electron chi connectivity index (χ1n) is 12.5. The molecule has 1 aliphatic carbocycles. The lowest BCUT2D eigenvalue weighted by molar-refractivity contribution is 0.407. The molecule has 2 atom stereocenters. The topological polar surface area (TPSA) is 24.4 Å². The van der Waals surface area contributed by atoms with Gasteiger partial charge in [0.05, 0.1) is 0 Å². The maximum absolute atomic E-state index is 4.32. The van der Waals surface area contributed by atoms with E-state index < -0.39 is 0 Å². The first-order chi connectivity index (χ1) is 17.2. The fraction of sp³-hybridized carbons (Fsp3) is 0.242. The van der Waals surface area contributed by atoms with Crippen molar-refractivity contribution in [2.24, 2.45) is 10.9 Å². The van der Waals surface area contributed by atoms with E-state index in [9.17, 15) is 0 Å². The highest BCUT2D eigenvalue weighted by molar-refractivity contribution is 6.09. The molecule has 2 heteroatoms. The molecule has 1 aliphatic heterocycles. The van der Waals surface area contributed by atoms with Crippen molar-refractivity contribution >= 4 is 11.8 Å². The number of hydrogen-bond donors (Lipinski definition) is 1. The standard InChI is InChI=1S/C33H36N2/c1-4-23-33(2,31-19-11-9-17-29(31)32-20-12-13-24-35-32)30-18-10-8-16-27(30)21-22-28(25-34-3)26-14-6-5-7-15-26/h4-18,20,22-23,25,31,35H,19,21,24H2,1-3H3/b23-4?,28-22+,34-25?. The Labute approximate surface area is 210 Å². The van der Waals surface area contributed by atoms with Crippen LogP contribution >= 0.6 is 0 Å². The molecule has 0 spiro atoms. The van der Waals surface area contributed by atoms with Crippen LogP contribution in [0.15, 0.2) is 126 Å². The van der Waals surface area contributed by atoms with Gasteiger partial charge in [0, 0.05) is 36.8 Å². The van der Waals surface area contributed by atoms with Crippen molar-refractivity contribution in [3.63, 3.8) is 0 Å². The fourth-order valence-corrected chi connectivity index (χ4v) is 5.33. The van der Waals surface area contributed by atoms with E-state index in [1.165, 1.54) is 28.0 Å². The lowest BCUT2D eigenvalue weighted by atomic mass is 9.64. The molecule has 0 fully saturated rings. The molecular weight excluding hydrogens is 424 g/mol. The highest BCUT2D eigenvalue weighted by atomic mass is 14.9. The second-order valence-corrected chi connectivity index (χ2v) is 9.28. The van der Waals surface area contributed by atoms with E-state index >= 15 is 0 Å². The van der Waals surface area contributed by atoms with Crippen LogP contribution in [0.2, 0.25) is 0 Å². The molecule has 2 aromatic carbocycles. The normalized spacial score (nSPS) is 20.0. The fourth-order valence-electron chi connectivity index (χ4n) is 5.33. The van der Waals surface area contributed by atoms with Gasteiger partial charge in [0.15, 0.2) is 0 Å². The Morgan fingerprint density at radius 1 is 1.03 bits per heavy atom. The van der Waals surface area contributed by atoms with E-state index in [2.05, 4.69) is 133 Å². The Morgan fingerprint density at radius 3 is 2.54 bits per heavy atom. The van der Waals surface area contributed by atoms with E-state index in [1.54, 1.807) is 0 Å². The predicted molar refractivity (Wildman–Crippen MR) is 152 cm³/mol. The summed E-state index contributed by atoms with van der Waals surface area (Å²) >= 11 is 0. The van der Waals surface area contributed by atoms with E-state index in [-0.39, 0.29) is 5.41 Å². The zero-order valence-corrected chi connectivity index (χ0v) is 21.1. The van der Waals surface area contributed by atoms with Crippen molar-refractivity contribution in [1.29, 1.82) is 0 Å². The lowest BCUT2D eigenvalue weighted by Crippen LogP contribution is -2.35. The molecule has 0 saturated carbocycles. The van der Waals surface area contributed by atoms with Gasteiger partial charge in [-0.2, -0.15) is 0 Å². The van der Waals surface area contributed by atoms with Crippen LogP contribution in [-0.2, 0) is 11.8 Å². The van der Waals surface area contributed by atoms with Crippen LogP contribution in [0, 0.1) is 5.92 Å². The minimum atomic E-state index is -0.148. The van der Waals surface area contributed by atoms with Gasteiger partial charge in [-0.1, -0.05) is 110 Å². The largest absolute Gasteiger partial charge is 0.381 e. The molecule has 2 aliphatic rings. The van der Waals surface area contributed by atoms with Crippen LogP contribution in [0.25, 0.3) is 5.57 Å². The number of dihydropyridines is 1. The quantitative estimate of drug-likeness (QED) is 0.322. The van der Waals surface area contributed by atoms with Crippen molar-refractivity contribution in [1.82, 2.24) is 5.32 Å². The van der Waals surface area contributed by atoms with Gasteiger partial charge in [-0.05, 0) is 53.7 Å². The van der Waals surface area contributed by atoms with Crippen molar-refractivity contribution < 1.29 is 0 Å². The molecule has 0 bridgehead atoms. The van der Waals surface area contributed by atoms with E-state index in [0.29, 0.717) is 5.92 Å². The Morgan fingerprint density at radius 2 is 1.80 bits per heavy atom.